The van der Waals surface area contributed by atoms with Gasteiger partial charge in [-0.1, -0.05) is 6.92 Å². The van der Waals surface area contributed by atoms with Gasteiger partial charge in [0.25, 0.3) is 0 Å². The maximum Gasteiger partial charge on any atom is 0.310 e. The molecule has 62 valence electrons. The van der Waals surface area contributed by atoms with Crippen LogP contribution in [0.15, 0.2) is 0 Å². The van der Waals surface area contributed by atoms with Gasteiger partial charge in [0.05, 0.1) is 5.41 Å². The Morgan fingerprint density at radius 3 is 2.55 bits per heavy atom. The fraction of sp³-hybridized carbons (Fsp3) is 0.750. The monoisotopic (exact) mass is 156 g/mol. The van der Waals surface area contributed by atoms with Gasteiger partial charge in [-0.2, -0.15) is 0 Å². The van der Waals surface area contributed by atoms with Crippen molar-refractivity contribution < 1.29 is 14.7 Å². The molecule has 0 aromatic rings. The van der Waals surface area contributed by atoms with Crippen LogP contribution in [0.4, 0.5) is 0 Å². The minimum absolute atomic E-state index is 0.0919. The molecule has 1 aliphatic carbocycles. The summed E-state index contributed by atoms with van der Waals surface area (Å²) in [5.74, 6) is -0.722. The first-order valence-corrected chi connectivity index (χ1v) is 3.86. The van der Waals surface area contributed by atoms with Crippen molar-refractivity contribution in [2.45, 2.75) is 32.6 Å². The van der Waals surface area contributed by atoms with Crippen LogP contribution in [0, 0.1) is 5.41 Å². The number of hydrogen-bond donors (Lipinski definition) is 1. The molecule has 0 amide bonds. The number of aliphatic carboxylic acids is 1. The van der Waals surface area contributed by atoms with Gasteiger partial charge >= 0.3 is 5.97 Å². The summed E-state index contributed by atoms with van der Waals surface area (Å²) in [5.41, 5.74) is -0.725. The zero-order valence-corrected chi connectivity index (χ0v) is 6.59. The molecular formula is C8H12O3. The van der Waals surface area contributed by atoms with Crippen LogP contribution in [0.5, 0.6) is 0 Å². The second-order valence-corrected chi connectivity index (χ2v) is 3.15. The van der Waals surface area contributed by atoms with Gasteiger partial charge in [0.1, 0.15) is 5.78 Å². The first kappa shape index (κ1) is 8.24. The summed E-state index contributed by atoms with van der Waals surface area (Å²) in [6.07, 6.45) is 1.77. The molecule has 1 fully saturated rings. The van der Waals surface area contributed by atoms with Crippen LogP contribution in [0.3, 0.4) is 0 Å². The van der Waals surface area contributed by atoms with Crippen LogP contribution < -0.4 is 0 Å². The van der Waals surface area contributed by atoms with E-state index in [1.54, 1.807) is 0 Å². The van der Waals surface area contributed by atoms with Crippen molar-refractivity contribution in [3.8, 4) is 0 Å². The molecule has 0 radical (unpaired) electrons. The highest BCUT2D eigenvalue weighted by Crippen LogP contribution is 2.38. The van der Waals surface area contributed by atoms with Crippen LogP contribution in [-0.4, -0.2) is 16.9 Å². The third-order valence-corrected chi connectivity index (χ3v) is 2.55. The SMILES string of the molecule is CCC1(C(=O)O)CCC(=O)C1. The smallest absolute Gasteiger partial charge is 0.310 e. The molecule has 3 nitrogen and oxygen atoms in total. The normalized spacial score (nSPS) is 30.8. The second kappa shape index (κ2) is 2.64. The van der Waals surface area contributed by atoms with Gasteiger partial charge in [-0.3, -0.25) is 9.59 Å². The van der Waals surface area contributed by atoms with Gasteiger partial charge in [0, 0.05) is 12.8 Å². The number of carbonyl (C=O) groups is 2. The average Bonchev–Trinajstić information content (AvgIpc) is 2.33. The van der Waals surface area contributed by atoms with Crippen LogP contribution >= 0.6 is 0 Å². The van der Waals surface area contributed by atoms with E-state index in [9.17, 15) is 9.59 Å². The molecule has 0 aromatic heterocycles. The van der Waals surface area contributed by atoms with Crippen molar-refractivity contribution in [3.05, 3.63) is 0 Å². The van der Waals surface area contributed by atoms with Crippen LogP contribution in [0.1, 0.15) is 32.6 Å². The predicted octanol–water partition coefficient (Wildman–Crippen LogP) is 1.22. The molecular weight excluding hydrogens is 144 g/mol. The molecule has 0 aromatic carbocycles. The minimum atomic E-state index is -0.814. The van der Waals surface area contributed by atoms with Crippen LogP contribution in [-0.2, 0) is 9.59 Å². The summed E-state index contributed by atoms with van der Waals surface area (Å²) in [6, 6.07) is 0. The lowest BCUT2D eigenvalue weighted by molar-refractivity contribution is -0.149. The number of ketones is 1. The second-order valence-electron chi connectivity index (χ2n) is 3.15. The third kappa shape index (κ3) is 1.27. The van der Waals surface area contributed by atoms with Crippen molar-refractivity contribution in [1.82, 2.24) is 0 Å². The minimum Gasteiger partial charge on any atom is -0.481 e. The number of hydrogen-bond acceptors (Lipinski definition) is 2. The molecule has 1 unspecified atom stereocenters. The summed E-state index contributed by atoms with van der Waals surface area (Å²) in [7, 11) is 0. The molecule has 1 aliphatic rings. The molecule has 0 bridgehead atoms. The molecule has 0 spiro atoms. The Kier molecular flexibility index (Phi) is 1.98. The van der Waals surface area contributed by atoms with Crippen LogP contribution in [0.25, 0.3) is 0 Å². The largest absolute Gasteiger partial charge is 0.481 e. The van der Waals surface area contributed by atoms with E-state index >= 15 is 0 Å². The van der Waals surface area contributed by atoms with E-state index in [4.69, 9.17) is 5.11 Å². The first-order valence-electron chi connectivity index (χ1n) is 3.86. The fourth-order valence-corrected chi connectivity index (χ4v) is 1.57. The highest BCUT2D eigenvalue weighted by atomic mass is 16.4. The molecule has 3 heteroatoms. The fourth-order valence-electron chi connectivity index (χ4n) is 1.57. The molecule has 1 saturated carbocycles. The van der Waals surface area contributed by atoms with Gasteiger partial charge in [-0.15, -0.1) is 0 Å². The van der Waals surface area contributed by atoms with Crippen LogP contribution in [0.2, 0.25) is 0 Å². The Bertz CT molecular complexity index is 198. The predicted molar refractivity (Wildman–Crippen MR) is 39.2 cm³/mol. The van der Waals surface area contributed by atoms with Crippen molar-refractivity contribution >= 4 is 11.8 Å². The van der Waals surface area contributed by atoms with Gasteiger partial charge in [-0.25, -0.2) is 0 Å². The average molecular weight is 156 g/mol. The van der Waals surface area contributed by atoms with E-state index in [0.29, 0.717) is 19.3 Å². The summed E-state index contributed by atoms with van der Waals surface area (Å²) in [4.78, 5) is 21.6. The first-order chi connectivity index (χ1) is 5.10. The summed E-state index contributed by atoms with van der Waals surface area (Å²) in [6.45, 7) is 1.83. The van der Waals surface area contributed by atoms with Gasteiger partial charge in [-0.05, 0) is 12.8 Å². The molecule has 11 heavy (non-hydrogen) atoms. The zero-order valence-electron chi connectivity index (χ0n) is 6.59. The molecule has 0 saturated heterocycles. The summed E-state index contributed by atoms with van der Waals surface area (Å²) in [5, 5.41) is 8.83. The van der Waals surface area contributed by atoms with Crippen molar-refractivity contribution in [1.29, 1.82) is 0 Å². The lowest BCUT2D eigenvalue weighted by Gasteiger charge is -2.19. The lowest BCUT2D eigenvalue weighted by atomic mass is 9.84. The number of carbonyl (C=O) groups excluding carboxylic acids is 1. The Labute approximate surface area is 65.4 Å². The van der Waals surface area contributed by atoms with E-state index in [1.807, 2.05) is 6.92 Å². The Balaban J connectivity index is 2.78. The topological polar surface area (TPSA) is 54.4 Å². The molecule has 1 rings (SSSR count). The molecule has 1 atom stereocenters. The van der Waals surface area contributed by atoms with Crippen molar-refractivity contribution in [2.24, 2.45) is 5.41 Å². The Hall–Kier alpha value is -0.860. The van der Waals surface area contributed by atoms with Crippen molar-refractivity contribution in [3.63, 3.8) is 0 Å². The third-order valence-electron chi connectivity index (χ3n) is 2.55. The van der Waals surface area contributed by atoms with Gasteiger partial charge in [0.15, 0.2) is 0 Å². The number of carboxylic acid groups (broad SMARTS) is 1. The van der Waals surface area contributed by atoms with E-state index in [2.05, 4.69) is 0 Å². The molecule has 0 aliphatic heterocycles. The summed E-state index contributed by atoms with van der Waals surface area (Å²) >= 11 is 0. The molecule has 0 heterocycles. The Morgan fingerprint density at radius 2 is 2.36 bits per heavy atom. The maximum atomic E-state index is 10.9. The maximum absolute atomic E-state index is 10.9. The lowest BCUT2D eigenvalue weighted by Crippen LogP contribution is -2.27. The standard InChI is InChI=1S/C8H12O3/c1-2-8(7(10)11)4-3-6(9)5-8/h2-5H2,1H3,(H,10,11). The number of carboxylic acids is 1. The van der Waals surface area contributed by atoms with Gasteiger partial charge in [0.2, 0.25) is 0 Å². The summed E-state index contributed by atoms with van der Waals surface area (Å²) < 4.78 is 0. The number of rotatable bonds is 2. The van der Waals surface area contributed by atoms with Crippen molar-refractivity contribution in [2.75, 3.05) is 0 Å². The molecule has 1 N–H and O–H groups in total. The zero-order chi connectivity index (χ0) is 8.48. The van der Waals surface area contributed by atoms with E-state index in [1.165, 1.54) is 0 Å². The quantitative estimate of drug-likeness (QED) is 0.654. The highest BCUT2D eigenvalue weighted by molar-refractivity contribution is 5.89. The highest BCUT2D eigenvalue weighted by Gasteiger charge is 2.43. The van der Waals surface area contributed by atoms with E-state index in [0.717, 1.165) is 0 Å². The van der Waals surface area contributed by atoms with E-state index in [-0.39, 0.29) is 12.2 Å². The van der Waals surface area contributed by atoms with E-state index < -0.39 is 11.4 Å². The Morgan fingerprint density at radius 1 is 1.73 bits per heavy atom. The van der Waals surface area contributed by atoms with Gasteiger partial charge < -0.3 is 5.11 Å². The number of Topliss-reactive ketones (excluding diaryl/α,β-unsaturated/α-hetero) is 1.